The van der Waals surface area contributed by atoms with E-state index in [0.717, 1.165) is 19.4 Å². The minimum atomic E-state index is 0.0321. The van der Waals surface area contributed by atoms with Gasteiger partial charge in [-0.15, -0.1) is 0 Å². The van der Waals surface area contributed by atoms with Crippen LogP contribution in [0, 0.1) is 0 Å². The quantitative estimate of drug-likeness (QED) is 0.715. The summed E-state index contributed by atoms with van der Waals surface area (Å²) in [4.78, 5) is 27.2. The van der Waals surface area contributed by atoms with Crippen LogP contribution in [-0.2, 0) is 9.59 Å². The number of rotatable bonds is 6. The Morgan fingerprint density at radius 1 is 1.44 bits per heavy atom. The van der Waals surface area contributed by atoms with Gasteiger partial charge in [0.05, 0.1) is 4.99 Å². The van der Waals surface area contributed by atoms with Crippen molar-refractivity contribution in [3.8, 4) is 0 Å². The Bertz CT molecular complexity index is 333. The molecule has 0 radical (unpaired) electrons. The molecule has 1 aliphatic rings. The van der Waals surface area contributed by atoms with Crippen molar-refractivity contribution in [2.75, 3.05) is 26.7 Å². The summed E-state index contributed by atoms with van der Waals surface area (Å²) in [6.45, 7) is 1.85. The van der Waals surface area contributed by atoms with Crippen LogP contribution >= 0.6 is 12.2 Å². The molecule has 5 nitrogen and oxygen atoms in total. The monoisotopic (exact) mass is 271 g/mol. The van der Waals surface area contributed by atoms with Crippen molar-refractivity contribution in [2.24, 2.45) is 5.73 Å². The molecule has 6 heteroatoms. The highest BCUT2D eigenvalue weighted by molar-refractivity contribution is 7.80. The van der Waals surface area contributed by atoms with Crippen molar-refractivity contribution in [3.63, 3.8) is 0 Å². The number of thiocarbonyl (C=S) groups is 1. The Balaban J connectivity index is 2.26. The molecule has 0 saturated carbocycles. The molecule has 0 aromatic carbocycles. The van der Waals surface area contributed by atoms with Crippen molar-refractivity contribution in [1.82, 2.24) is 9.80 Å². The van der Waals surface area contributed by atoms with E-state index >= 15 is 0 Å². The second-order valence-electron chi connectivity index (χ2n) is 4.62. The van der Waals surface area contributed by atoms with E-state index in [1.807, 2.05) is 0 Å². The molecule has 18 heavy (non-hydrogen) atoms. The van der Waals surface area contributed by atoms with E-state index in [4.69, 9.17) is 18.0 Å². The topological polar surface area (TPSA) is 66.6 Å². The first-order valence-corrected chi connectivity index (χ1v) is 6.71. The fraction of sp³-hybridized carbons (Fsp3) is 0.750. The van der Waals surface area contributed by atoms with Crippen molar-refractivity contribution in [2.45, 2.75) is 32.1 Å². The van der Waals surface area contributed by atoms with Crippen LogP contribution in [0.25, 0.3) is 0 Å². The SMILES string of the molecule is CN(CCC(N)=S)C(=O)CCN1CCCCC1=O. The molecular formula is C12H21N3O2S. The van der Waals surface area contributed by atoms with Gasteiger partial charge in [-0.25, -0.2) is 0 Å². The van der Waals surface area contributed by atoms with Gasteiger partial charge in [-0.3, -0.25) is 9.59 Å². The van der Waals surface area contributed by atoms with Gasteiger partial charge in [0.2, 0.25) is 11.8 Å². The van der Waals surface area contributed by atoms with Crippen molar-refractivity contribution < 1.29 is 9.59 Å². The molecule has 0 aromatic rings. The molecule has 1 rings (SSSR count). The molecule has 1 heterocycles. The maximum atomic E-state index is 11.8. The molecule has 0 unspecified atom stereocenters. The standard InChI is InChI=1S/C12H21N3O2S/c1-14(8-5-10(13)18)11(16)6-9-15-7-3-2-4-12(15)17/h2-9H2,1H3,(H2,13,18). The van der Waals surface area contributed by atoms with Crippen LogP contribution in [0.15, 0.2) is 0 Å². The van der Waals surface area contributed by atoms with Gasteiger partial charge in [0, 0.05) is 45.9 Å². The fourth-order valence-corrected chi connectivity index (χ4v) is 2.01. The number of nitrogens with two attached hydrogens (primary N) is 1. The third-order valence-corrected chi connectivity index (χ3v) is 3.34. The van der Waals surface area contributed by atoms with Crippen LogP contribution in [0.5, 0.6) is 0 Å². The normalized spacial score (nSPS) is 15.6. The lowest BCUT2D eigenvalue weighted by Gasteiger charge is -2.27. The zero-order chi connectivity index (χ0) is 13.5. The molecule has 0 aromatic heterocycles. The number of piperidine rings is 1. The summed E-state index contributed by atoms with van der Waals surface area (Å²) in [7, 11) is 1.73. The Kier molecular flexibility index (Phi) is 6.04. The summed E-state index contributed by atoms with van der Waals surface area (Å²) in [5.41, 5.74) is 5.39. The molecule has 1 saturated heterocycles. The van der Waals surface area contributed by atoms with Crippen LogP contribution in [0.4, 0.5) is 0 Å². The van der Waals surface area contributed by atoms with E-state index in [1.165, 1.54) is 0 Å². The molecule has 0 atom stereocenters. The predicted octanol–water partition coefficient (Wildman–Crippen LogP) is 0.524. The lowest BCUT2D eigenvalue weighted by molar-refractivity contribution is -0.135. The first-order valence-electron chi connectivity index (χ1n) is 6.30. The average molecular weight is 271 g/mol. The number of amides is 2. The summed E-state index contributed by atoms with van der Waals surface area (Å²) in [5, 5.41) is 0. The molecule has 1 fully saturated rings. The van der Waals surface area contributed by atoms with Gasteiger partial charge in [0.15, 0.2) is 0 Å². The predicted molar refractivity (Wildman–Crippen MR) is 74.1 cm³/mol. The number of carbonyl (C=O) groups excluding carboxylic acids is 2. The summed E-state index contributed by atoms with van der Waals surface area (Å²) >= 11 is 4.77. The highest BCUT2D eigenvalue weighted by atomic mass is 32.1. The van der Waals surface area contributed by atoms with Crippen LogP contribution in [0.2, 0.25) is 0 Å². The Morgan fingerprint density at radius 2 is 2.17 bits per heavy atom. The first-order chi connectivity index (χ1) is 8.50. The summed E-state index contributed by atoms with van der Waals surface area (Å²) in [6, 6.07) is 0. The van der Waals surface area contributed by atoms with Gasteiger partial charge in [-0.05, 0) is 12.8 Å². The van der Waals surface area contributed by atoms with Gasteiger partial charge in [0.1, 0.15) is 0 Å². The summed E-state index contributed by atoms with van der Waals surface area (Å²) in [5.74, 6) is 0.199. The van der Waals surface area contributed by atoms with Crippen LogP contribution in [0.1, 0.15) is 32.1 Å². The van der Waals surface area contributed by atoms with E-state index in [0.29, 0.717) is 37.3 Å². The maximum absolute atomic E-state index is 11.8. The molecule has 2 amide bonds. The average Bonchev–Trinajstić information content (AvgIpc) is 2.34. The van der Waals surface area contributed by atoms with Crippen molar-refractivity contribution in [1.29, 1.82) is 0 Å². The molecule has 0 spiro atoms. The van der Waals surface area contributed by atoms with E-state index in [9.17, 15) is 9.59 Å². The van der Waals surface area contributed by atoms with Gasteiger partial charge in [0.25, 0.3) is 0 Å². The van der Waals surface area contributed by atoms with E-state index in [1.54, 1.807) is 16.8 Å². The van der Waals surface area contributed by atoms with Gasteiger partial charge in [-0.1, -0.05) is 12.2 Å². The van der Waals surface area contributed by atoms with E-state index in [-0.39, 0.29) is 11.8 Å². The number of likely N-dealkylation sites (tertiary alicyclic amines) is 1. The number of nitrogens with zero attached hydrogens (tertiary/aromatic N) is 2. The highest BCUT2D eigenvalue weighted by Gasteiger charge is 2.19. The zero-order valence-electron chi connectivity index (χ0n) is 10.9. The Labute approximate surface area is 113 Å². The molecule has 102 valence electrons. The molecule has 1 aliphatic heterocycles. The van der Waals surface area contributed by atoms with Gasteiger partial charge >= 0.3 is 0 Å². The second-order valence-corrected chi connectivity index (χ2v) is 5.14. The van der Waals surface area contributed by atoms with Gasteiger partial charge < -0.3 is 15.5 Å². The van der Waals surface area contributed by atoms with E-state index in [2.05, 4.69) is 0 Å². The number of hydrogen-bond acceptors (Lipinski definition) is 3. The van der Waals surface area contributed by atoms with Crippen LogP contribution < -0.4 is 5.73 Å². The Hall–Kier alpha value is -1.17. The van der Waals surface area contributed by atoms with Crippen molar-refractivity contribution >= 4 is 29.0 Å². The van der Waals surface area contributed by atoms with Crippen molar-refractivity contribution in [3.05, 3.63) is 0 Å². The second kappa shape index (κ2) is 7.31. The zero-order valence-corrected chi connectivity index (χ0v) is 11.7. The van der Waals surface area contributed by atoms with Crippen LogP contribution in [0.3, 0.4) is 0 Å². The van der Waals surface area contributed by atoms with Gasteiger partial charge in [-0.2, -0.15) is 0 Å². The number of carbonyl (C=O) groups is 2. The third kappa shape index (κ3) is 5.00. The van der Waals surface area contributed by atoms with E-state index < -0.39 is 0 Å². The highest BCUT2D eigenvalue weighted by Crippen LogP contribution is 2.10. The first kappa shape index (κ1) is 14.9. The largest absolute Gasteiger partial charge is 0.393 e. The molecular weight excluding hydrogens is 250 g/mol. The minimum absolute atomic E-state index is 0.0321. The summed E-state index contributed by atoms with van der Waals surface area (Å²) < 4.78 is 0. The lowest BCUT2D eigenvalue weighted by Crippen LogP contribution is -2.39. The van der Waals surface area contributed by atoms with Crippen LogP contribution in [-0.4, -0.2) is 53.3 Å². The Morgan fingerprint density at radius 3 is 2.78 bits per heavy atom. The smallest absolute Gasteiger partial charge is 0.224 e. The molecule has 0 bridgehead atoms. The number of hydrogen-bond donors (Lipinski definition) is 1. The fourth-order valence-electron chi connectivity index (χ4n) is 1.92. The minimum Gasteiger partial charge on any atom is -0.393 e. The molecule has 0 aliphatic carbocycles. The maximum Gasteiger partial charge on any atom is 0.224 e. The lowest BCUT2D eigenvalue weighted by atomic mass is 10.1. The summed E-state index contributed by atoms with van der Waals surface area (Å²) in [6.07, 6.45) is 3.54. The third-order valence-electron chi connectivity index (χ3n) is 3.14. The molecule has 2 N–H and O–H groups in total.